The van der Waals surface area contributed by atoms with Gasteiger partial charge < -0.3 is 14.9 Å². The van der Waals surface area contributed by atoms with Gasteiger partial charge in [0.05, 0.1) is 6.61 Å². The standard InChI is InChI=1S/C14H22N2O5S/c1-4-20-13(17)10-5-6-12(21-10)22(18,19)16-8-7-11(15)14(2,3)9-16/h5-6,11H,4,7-9,15H2,1-3H3. The number of nitrogens with zero attached hydrogens (tertiary/aromatic N) is 1. The van der Waals surface area contributed by atoms with E-state index in [4.69, 9.17) is 14.9 Å². The Bertz CT molecular complexity index is 650. The van der Waals surface area contributed by atoms with E-state index < -0.39 is 16.0 Å². The number of sulfonamides is 1. The first-order valence-corrected chi connectivity index (χ1v) is 8.65. The average molecular weight is 330 g/mol. The Balaban J connectivity index is 2.22. The number of esters is 1. The molecule has 1 aliphatic rings. The Kier molecular flexibility index (Phi) is 4.65. The van der Waals surface area contributed by atoms with Gasteiger partial charge in [-0.1, -0.05) is 13.8 Å². The minimum atomic E-state index is -3.78. The fourth-order valence-corrected chi connectivity index (χ4v) is 3.97. The summed E-state index contributed by atoms with van der Waals surface area (Å²) in [6, 6.07) is 2.54. The minimum Gasteiger partial charge on any atom is -0.460 e. The number of carbonyl (C=O) groups excluding carboxylic acids is 1. The van der Waals surface area contributed by atoms with E-state index in [9.17, 15) is 13.2 Å². The molecule has 124 valence electrons. The second-order valence-corrected chi connectivity index (χ2v) is 7.93. The highest BCUT2D eigenvalue weighted by Gasteiger charge is 2.40. The smallest absolute Gasteiger partial charge is 0.374 e. The molecule has 1 saturated heterocycles. The van der Waals surface area contributed by atoms with Gasteiger partial charge in [0.2, 0.25) is 10.9 Å². The van der Waals surface area contributed by atoms with Gasteiger partial charge in [-0.05, 0) is 30.9 Å². The summed E-state index contributed by atoms with van der Waals surface area (Å²) in [6.45, 7) is 6.38. The van der Waals surface area contributed by atoms with Crippen molar-refractivity contribution in [1.29, 1.82) is 0 Å². The highest BCUT2D eigenvalue weighted by atomic mass is 32.2. The van der Waals surface area contributed by atoms with Crippen LogP contribution in [0.3, 0.4) is 0 Å². The third kappa shape index (κ3) is 3.18. The van der Waals surface area contributed by atoms with Crippen molar-refractivity contribution < 1.29 is 22.4 Å². The second kappa shape index (κ2) is 6.02. The summed E-state index contributed by atoms with van der Waals surface area (Å²) in [5.41, 5.74) is 5.71. The van der Waals surface area contributed by atoms with Crippen LogP contribution in [0.1, 0.15) is 37.7 Å². The van der Waals surface area contributed by atoms with Crippen LogP contribution in [0.5, 0.6) is 0 Å². The first kappa shape index (κ1) is 17.0. The lowest BCUT2D eigenvalue weighted by Crippen LogP contribution is -2.53. The summed E-state index contributed by atoms with van der Waals surface area (Å²) in [7, 11) is -3.78. The average Bonchev–Trinajstić information content (AvgIpc) is 2.92. The molecule has 8 heteroatoms. The quantitative estimate of drug-likeness (QED) is 0.832. The minimum absolute atomic E-state index is 0.0503. The number of piperidine rings is 1. The largest absolute Gasteiger partial charge is 0.460 e. The molecule has 1 aliphatic heterocycles. The van der Waals surface area contributed by atoms with Crippen molar-refractivity contribution in [3.8, 4) is 0 Å². The summed E-state index contributed by atoms with van der Waals surface area (Å²) < 4.78 is 36.5. The molecule has 0 bridgehead atoms. The lowest BCUT2D eigenvalue weighted by Gasteiger charge is -2.41. The molecular weight excluding hydrogens is 308 g/mol. The molecule has 1 aromatic rings. The third-order valence-corrected chi connectivity index (χ3v) is 5.65. The maximum atomic E-state index is 12.6. The van der Waals surface area contributed by atoms with E-state index in [1.54, 1.807) is 6.92 Å². The van der Waals surface area contributed by atoms with Crippen LogP contribution in [-0.4, -0.2) is 44.4 Å². The normalized spacial score (nSPS) is 22.5. The summed E-state index contributed by atoms with van der Waals surface area (Å²) in [6.07, 6.45) is 0.581. The van der Waals surface area contributed by atoms with E-state index in [0.717, 1.165) is 0 Å². The summed E-state index contributed by atoms with van der Waals surface area (Å²) >= 11 is 0. The first-order chi connectivity index (χ1) is 10.2. The van der Waals surface area contributed by atoms with Crippen LogP contribution >= 0.6 is 0 Å². The van der Waals surface area contributed by atoms with Crippen LogP contribution in [0.15, 0.2) is 21.6 Å². The molecule has 1 aromatic heterocycles. The van der Waals surface area contributed by atoms with Gasteiger partial charge in [-0.25, -0.2) is 13.2 Å². The van der Waals surface area contributed by atoms with Gasteiger partial charge in [0.25, 0.3) is 10.0 Å². The number of furan rings is 1. The SMILES string of the molecule is CCOC(=O)c1ccc(S(=O)(=O)N2CCC(N)C(C)(C)C2)o1. The number of rotatable bonds is 4. The molecule has 22 heavy (non-hydrogen) atoms. The molecule has 0 spiro atoms. The monoisotopic (exact) mass is 330 g/mol. The second-order valence-electron chi connectivity index (χ2n) is 6.06. The molecule has 2 N–H and O–H groups in total. The van der Waals surface area contributed by atoms with E-state index in [2.05, 4.69) is 0 Å². The number of hydrogen-bond acceptors (Lipinski definition) is 6. The highest BCUT2D eigenvalue weighted by Crippen LogP contribution is 2.31. The predicted octanol–water partition coefficient (Wildman–Crippen LogP) is 1.20. The maximum absolute atomic E-state index is 12.6. The molecule has 0 radical (unpaired) electrons. The number of ether oxygens (including phenoxy) is 1. The van der Waals surface area contributed by atoms with Crippen molar-refractivity contribution in [1.82, 2.24) is 4.31 Å². The molecule has 0 aromatic carbocycles. The molecule has 2 heterocycles. The Morgan fingerprint density at radius 3 is 2.77 bits per heavy atom. The zero-order valence-corrected chi connectivity index (χ0v) is 13.9. The number of nitrogens with two attached hydrogens (primary N) is 1. The summed E-state index contributed by atoms with van der Waals surface area (Å²) in [4.78, 5) is 11.6. The van der Waals surface area contributed by atoms with Crippen LogP contribution < -0.4 is 5.73 Å². The van der Waals surface area contributed by atoms with Crippen LogP contribution in [0, 0.1) is 5.41 Å². The van der Waals surface area contributed by atoms with Gasteiger partial charge in [0, 0.05) is 19.1 Å². The Morgan fingerprint density at radius 2 is 2.18 bits per heavy atom. The van der Waals surface area contributed by atoms with Crippen molar-refractivity contribution >= 4 is 16.0 Å². The highest BCUT2D eigenvalue weighted by molar-refractivity contribution is 7.89. The molecule has 0 saturated carbocycles. The molecule has 1 unspecified atom stereocenters. The van der Waals surface area contributed by atoms with Gasteiger partial charge in [-0.2, -0.15) is 4.31 Å². The lowest BCUT2D eigenvalue weighted by molar-refractivity contribution is 0.0483. The fourth-order valence-electron chi connectivity index (χ4n) is 2.43. The van der Waals surface area contributed by atoms with Crippen molar-refractivity contribution in [2.75, 3.05) is 19.7 Å². The fraction of sp³-hybridized carbons (Fsp3) is 0.643. The van der Waals surface area contributed by atoms with Crippen molar-refractivity contribution in [2.45, 2.75) is 38.3 Å². The van der Waals surface area contributed by atoms with E-state index >= 15 is 0 Å². The van der Waals surface area contributed by atoms with Crippen LogP contribution in [0.4, 0.5) is 0 Å². The lowest BCUT2D eigenvalue weighted by atomic mass is 9.81. The van der Waals surface area contributed by atoms with Gasteiger partial charge in [-0.3, -0.25) is 0 Å². The number of carbonyl (C=O) groups is 1. The molecule has 1 atom stereocenters. The molecule has 0 amide bonds. The molecule has 7 nitrogen and oxygen atoms in total. The van der Waals surface area contributed by atoms with Crippen molar-refractivity contribution in [3.63, 3.8) is 0 Å². The molecule has 1 fully saturated rings. The van der Waals surface area contributed by atoms with Crippen LogP contribution in [0.25, 0.3) is 0 Å². The maximum Gasteiger partial charge on any atom is 0.374 e. The molecular formula is C14H22N2O5S. The van der Waals surface area contributed by atoms with E-state index in [1.807, 2.05) is 13.8 Å². The van der Waals surface area contributed by atoms with Gasteiger partial charge in [-0.15, -0.1) is 0 Å². The summed E-state index contributed by atoms with van der Waals surface area (Å²) in [5.74, 6) is -0.793. The first-order valence-electron chi connectivity index (χ1n) is 7.21. The number of hydrogen-bond donors (Lipinski definition) is 1. The third-order valence-electron chi connectivity index (χ3n) is 3.93. The van der Waals surface area contributed by atoms with Crippen molar-refractivity contribution in [3.05, 3.63) is 17.9 Å². The Labute approximate surface area is 130 Å². The predicted molar refractivity (Wildman–Crippen MR) is 79.8 cm³/mol. The van der Waals surface area contributed by atoms with Gasteiger partial charge in [0.1, 0.15) is 0 Å². The van der Waals surface area contributed by atoms with E-state index in [-0.39, 0.29) is 28.9 Å². The van der Waals surface area contributed by atoms with Gasteiger partial charge >= 0.3 is 5.97 Å². The van der Waals surface area contributed by atoms with Crippen LogP contribution in [-0.2, 0) is 14.8 Å². The van der Waals surface area contributed by atoms with E-state index in [0.29, 0.717) is 19.5 Å². The molecule has 0 aliphatic carbocycles. The topological polar surface area (TPSA) is 103 Å². The van der Waals surface area contributed by atoms with Gasteiger partial charge in [0.15, 0.2) is 0 Å². The zero-order valence-electron chi connectivity index (χ0n) is 13.0. The molecule has 2 rings (SSSR count). The van der Waals surface area contributed by atoms with Crippen molar-refractivity contribution in [2.24, 2.45) is 11.1 Å². The summed E-state index contributed by atoms with van der Waals surface area (Å²) in [5, 5.41) is -0.248. The Morgan fingerprint density at radius 1 is 1.50 bits per heavy atom. The van der Waals surface area contributed by atoms with Crippen LogP contribution in [0.2, 0.25) is 0 Å². The van der Waals surface area contributed by atoms with E-state index in [1.165, 1.54) is 16.4 Å². The Hall–Kier alpha value is -1.38. The zero-order chi connectivity index (χ0) is 16.5.